The number of amides is 1. The standard InChI is InChI=1S/C15H15BrN2O3S/c1-10-9-12(7-8-14(10)17-11(2)19)18-22(20,21)15-6-4-3-5-13(15)16/h3-9,18H,1-2H3,(H,17,19). The number of aryl methyl sites for hydroxylation is 1. The average Bonchev–Trinajstić information content (AvgIpc) is 2.41. The van der Waals surface area contributed by atoms with Gasteiger partial charge in [-0.05, 0) is 58.7 Å². The number of sulfonamides is 1. The molecule has 2 aromatic carbocycles. The molecule has 0 aromatic heterocycles. The highest BCUT2D eigenvalue weighted by atomic mass is 79.9. The average molecular weight is 383 g/mol. The summed E-state index contributed by atoms with van der Waals surface area (Å²) in [4.78, 5) is 11.2. The van der Waals surface area contributed by atoms with E-state index in [2.05, 4.69) is 26.0 Å². The van der Waals surface area contributed by atoms with Gasteiger partial charge in [0, 0.05) is 22.8 Å². The van der Waals surface area contributed by atoms with Crippen molar-refractivity contribution in [3.05, 3.63) is 52.5 Å². The van der Waals surface area contributed by atoms with Crippen molar-refractivity contribution in [2.24, 2.45) is 0 Å². The van der Waals surface area contributed by atoms with Crippen LogP contribution in [0, 0.1) is 6.92 Å². The van der Waals surface area contributed by atoms with E-state index in [4.69, 9.17) is 0 Å². The van der Waals surface area contributed by atoms with Crippen LogP contribution in [0.5, 0.6) is 0 Å². The molecule has 0 heterocycles. The molecule has 7 heteroatoms. The fourth-order valence-corrected chi connectivity index (χ4v) is 3.98. The number of hydrogen-bond donors (Lipinski definition) is 2. The summed E-state index contributed by atoms with van der Waals surface area (Å²) >= 11 is 3.23. The number of hydrogen-bond acceptors (Lipinski definition) is 3. The molecule has 0 bridgehead atoms. The monoisotopic (exact) mass is 382 g/mol. The Hall–Kier alpha value is -1.86. The van der Waals surface area contributed by atoms with Crippen LogP contribution in [0.2, 0.25) is 0 Å². The first kappa shape index (κ1) is 16.5. The number of carbonyl (C=O) groups is 1. The van der Waals surface area contributed by atoms with E-state index in [1.54, 1.807) is 43.3 Å². The van der Waals surface area contributed by atoms with Crippen LogP contribution in [0.3, 0.4) is 0 Å². The molecule has 0 unspecified atom stereocenters. The third kappa shape index (κ3) is 3.86. The molecule has 0 radical (unpaired) electrons. The molecule has 2 rings (SSSR count). The van der Waals surface area contributed by atoms with Crippen molar-refractivity contribution in [2.45, 2.75) is 18.7 Å². The SMILES string of the molecule is CC(=O)Nc1ccc(NS(=O)(=O)c2ccccc2Br)cc1C. The van der Waals surface area contributed by atoms with Crippen molar-refractivity contribution in [2.75, 3.05) is 10.0 Å². The predicted octanol–water partition coefficient (Wildman–Crippen LogP) is 3.52. The Balaban J connectivity index is 2.29. The molecule has 0 saturated heterocycles. The van der Waals surface area contributed by atoms with E-state index in [1.165, 1.54) is 13.0 Å². The number of halogens is 1. The van der Waals surface area contributed by atoms with Gasteiger partial charge in [-0.2, -0.15) is 0 Å². The van der Waals surface area contributed by atoms with E-state index >= 15 is 0 Å². The van der Waals surface area contributed by atoms with E-state index in [-0.39, 0.29) is 10.8 Å². The highest BCUT2D eigenvalue weighted by Crippen LogP contribution is 2.25. The maximum absolute atomic E-state index is 12.4. The summed E-state index contributed by atoms with van der Waals surface area (Å²) in [7, 11) is -3.68. The number of anilines is 2. The first-order valence-corrected chi connectivity index (χ1v) is 8.73. The Kier molecular flexibility index (Phi) is 4.87. The summed E-state index contributed by atoms with van der Waals surface area (Å²) in [6.45, 7) is 3.21. The van der Waals surface area contributed by atoms with Crippen LogP contribution < -0.4 is 10.0 Å². The van der Waals surface area contributed by atoms with Gasteiger partial charge in [0.2, 0.25) is 5.91 Å². The third-order valence-corrected chi connectivity index (χ3v) is 5.31. The summed E-state index contributed by atoms with van der Waals surface area (Å²) in [6, 6.07) is 11.5. The minimum absolute atomic E-state index is 0.165. The van der Waals surface area contributed by atoms with Crippen LogP contribution in [0.1, 0.15) is 12.5 Å². The molecule has 116 valence electrons. The van der Waals surface area contributed by atoms with Crippen LogP contribution in [0.4, 0.5) is 11.4 Å². The van der Waals surface area contributed by atoms with Crippen molar-refractivity contribution < 1.29 is 13.2 Å². The summed E-state index contributed by atoms with van der Waals surface area (Å²) in [6.07, 6.45) is 0. The van der Waals surface area contributed by atoms with Crippen molar-refractivity contribution in [1.29, 1.82) is 0 Å². The zero-order chi connectivity index (χ0) is 16.3. The first-order valence-electron chi connectivity index (χ1n) is 6.45. The van der Waals surface area contributed by atoms with Crippen molar-refractivity contribution >= 4 is 43.2 Å². The molecule has 2 aromatic rings. The molecule has 2 N–H and O–H groups in total. The van der Waals surface area contributed by atoms with Gasteiger partial charge in [0.1, 0.15) is 4.90 Å². The Labute approximate surface area is 137 Å². The van der Waals surface area contributed by atoms with E-state index < -0.39 is 10.0 Å². The van der Waals surface area contributed by atoms with Crippen molar-refractivity contribution in [3.8, 4) is 0 Å². The van der Waals surface area contributed by atoms with E-state index in [0.29, 0.717) is 15.8 Å². The molecule has 0 spiro atoms. The lowest BCUT2D eigenvalue weighted by Crippen LogP contribution is -2.14. The smallest absolute Gasteiger partial charge is 0.263 e. The number of carbonyl (C=O) groups excluding carboxylic acids is 1. The Morgan fingerprint density at radius 3 is 2.41 bits per heavy atom. The summed E-state index contributed by atoms with van der Waals surface area (Å²) < 4.78 is 27.8. The molecule has 5 nitrogen and oxygen atoms in total. The zero-order valence-electron chi connectivity index (χ0n) is 12.1. The predicted molar refractivity (Wildman–Crippen MR) is 90.4 cm³/mol. The van der Waals surface area contributed by atoms with Gasteiger partial charge in [0.05, 0.1) is 0 Å². The van der Waals surface area contributed by atoms with Crippen molar-refractivity contribution in [1.82, 2.24) is 0 Å². The normalized spacial score (nSPS) is 11.0. The number of rotatable bonds is 4. The number of benzene rings is 2. The summed E-state index contributed by atoms with van der Waals surface area (Å²) in [5.74, 6) is -0.176. The van der Waals surface area contributed by atoms with Crippen LogP contribution in [-0.2, 0) is 14.8 Å². The second kappa shape index (κ2) is 6.50. The Morgan fingerprint density at radius 1 is 1.14 bits per heavy atom. The molecule has 0 aliphatic heterocycles. The van der Waals surface area contributed by atoms with Gasteiger partial charge in [0.15, 0.2) is 0 Å². The molecule has 0 fully saturated rings. The fourth-order valence-electron chi connectivity index (χ4n) is 1.93. The second-order valence-corrected chi connectivity index (χ2v) is 7.25. The lowest BCUT2D eigenvalue weighted by molar-refractivity contribution is -0.114. The zero-order valence-corrected chi connectivity index (χ0v) is 14.5. The molecular formula is C15H15BrN2O3S. The largest absolute Gasteiger partial charge is 0.326 e. The topological polar surface area (TPSA) is 75.3 Å². The fraction of sp³-hybridized carbons (Fsp3) is 0.133. The van der Waals surface area contributed by atoms with Gasteiger partial charge in [-0.3, -0.25) is 9.52 Å². The van der Waals surface area contributed by atoms with Crippen molar-refractivity contribution in [3.63, 3.8) is 0 Å². The molecule has 0 aliphatic carbocycles. The third-order valence-electron chi connectivity index (χ3n) is 2.92. The minimum Gasteiger partial charge on any atom is -0.326 e. The maximum atomic E-state index is 12.4. The Morgan fingerprint density at radius 2 is 1.82 bits per heavy atom. The minimum atomic E-state index is -3.68. The van der Waals surface area contributed by atoms with E-state index in [0.717, 1.165) is 5.56 Å². The lowest BCUT2D eigenvalue weighted by Gasteiger charge is -2.12. The lowest BCUT2D eigenvalue weighted by atomic mass is 10.2. The van der Waals surface area contributed by atoms with E-state index in [1.807, 2.05) is 0 Å². The Bertz CT molecular complexity index is 819. The molecule has 0 atom stereocenters. The van der Waals surface area contributed by atoms with Crippen LogP contribution in [0.25, 0.3) is 0 Å². The summed E-state index contributed by atoms with van der Waals surface area (Å²) in [5.41, 5.74) is 1.85. The molecule has 22 heavy (non-hydrogen) atoms. The van der Waals surface area contributed by atoms with Crippen LogP contribution >= 0.6 is 15.9 Å². The maximum Gasteiger partial charge on any atom is 0.263 e. The first-order chi connectivity index (χ1) is 10.3. The summed E-state index contributed by atoms with van der Waals surface area (Å²) in [5, 5.41) is 2.68. The molecule has 0 aliphatic rings. The van der Waals surface area contributed by atoms with Gasteiger partial charge < -0.3 is 5.32 Å². The van der Waals surface area contributed by atoms with E-state index in [9.17, 15) is 13.2 Å². The van der Waals surface area contributed by atoms with Gasteiger partial charge in [-0.15, -0.1) is 0 Å². The molecule has 0 saturated carbocycles. The van der Waals surface area contributed by atoms with Gasteiger partial charge in [-0.1, -0.05) is 12.1 Å². The van der Waals surface area contributed by atoms with Gasteiger partial charge >= 0.3 is 0 Å². The highest BCUT2D eigenvalue weighted by molar-refractivity contribution is 9.10. The molecular weight excluding hydrogens is 368 g/mol. The quantitative estimate of drug-likeness (QED) is 0.849. The van der Waals surface area contributed by atoms with Gasteiger partial charge in [0.25, 0.3) is 10.0 Å². The molecule has 1 amide bonds. The van der Waals surface area contributed by atoms with Crippen LogP contribution in [0.15, 0.2) is 51.8 Å². The van der Waals surface area contributed by atoms with Gasteiger partial charge in [-0.25, -0.2) is 8.42 Å². The number of nitrogens with one attached hydrogen (secondary N) is 2. The highest BCUT2D eigenvalue weighted by Gasteiger charge is 2.17. The second-order valence-electron chi connectivity index (χ2n) is 4.75. The van der Waals surface area contributed by atoms with Crippen LogP contribution in [-0.4, -0.2) is 14.3 Å².